The summed E-state index contributed by atoms with van der Waals surface area (Å²) in [6.07, 6.45) is 0. The molecule has 1 aliphatic rings. The molecular formula is C24H33N3O4S. The van der Waals surface area contributed by atoms with Gasteiger partial charge in [0.1, 0.15) is 0 Å². The van der Waals surface area contributed by atoms with E-state index in [1.54, 1.807) is 48.5 Å². The Morgan fingerprint density at radius 2 is 1.66 bits per heavy atom. The van der Waals surface area contributed by atoms with Crippen molar-refractivity contribution in [3.05, 3.63) is 59.7 Å². The standard InChI is InChI=1S/C24H33N3O4S/c1-18(2)23(27-13-15-31-16-14-27)17-25-24(28)20-7-9-21(10-8-20)26(4)32(29,30)22-11-5-19(3)6-12-22/h5-12,18,23H,13-17H2,1-4H3,(H,25,28). The lowest BCUT2D eigenvalue weighted by molar-refractivity contribution is 0.00673. The maximum absolute atomic E-state index is 12.9. The Labute approximate surface area is 191 Å². The first-order valence-corrected chi connectivity index (χ1v) is 12.4. The third kappa shape index (κ3) is 5.68. The second-order valence-corrected chi connectivity index (χ2v) is 10.5. The summed E-state index contributed by atoms with van der Waals surface area (Å²) in [5, 5.41) is 3.03. The van der Waals surface area contributed by atoms with E-state index in [2.05, 4.69) is 24.1 Å². The number of amides is 1. The molecule has 2 aromatic carbocycles. The fourth-order valence-electron chi connectivity index (χ4n) is 3.82. The van der Waals surface area contributed by atoms with Gasteiger partial charge in [-0.05, 0) is 49.2 Å². The van der Waals surface area contributed by atoms with E-state index in [4.69, 9.17) is 4.74 Å². The van der Waals surface area contributed by atoms with E-state index in [0.717, 1.165) is 31.9 Å². The van der Waals surface area contributed by atoms with Crippen LogP contribution >= 0.6 is 0 Å². The van der Waals surface area contributed by atoms with Crippen LogP contribution in [0.15, 0.2) is 53.4 Å². The van der Waals surface area contributed by atoms with Gasteiger partial charge in [-0.2, -0.15) is 0 Å². The van der Waals surface area contributed by atoms with E-state index in [1.165, 1.54) is 11.4 Å². The summed E-state index contributed by atoms with van der Waals surface area (Å²) in [6.45, 7) is 9.96. The normalized spacial score (nSPS) is 16.0. The van der Waals surface area contributed by atoms with Crippen molar-refractivity contribution in [1.82, 2.24) is 10.2 Å². The molecule has 8 heteroatoms. The van der Waals surface area contributed by atoms with Crippen molar-refractivity contribution < 1.29 is 17.9 Å². The summed E-state index contributed by atoms with van der Waals surface area (Å²) in [5.74, 6) is 0.232. The molecule has 0 aliphatic carbocycles. The molecule has 1 amide bonds. The maximum atomic E-state index is 12.9. The molecule has 1 heterocycles. The molecule has 174 valence electrons. The minimum absolute atomic E-state index is 0.167. The largest absolute Gasteiger partial charge is 0.379 e. The van der Waals surface area contributed by atoms with Crippen molar-refractivity contribution in [3.63, 3.8) is 0 Å². The third-order valence-corrected chi connectivity index (χ3v) is 7.73. The minimum Gasteiger partial charge on any atom is -0.379 e. The van der Waals surface area contributed by atoms with E-state index >= 15 is 0 Å². The van der Waals surface area contributed by atoms with Gasteiger partial charge in [0.2, 0.25) is 0 Å². The zero-order valence-corrected chi connectivity index (χ0v) is 20.1. The Balaban J connectivity index is 1.65. The average Bonchev–Trinajstić information content (AvgIpc) is 2.79. The molecule has 1 unspecified atom stereocenters. The summed E-state index contributed by atoms with van der Waals surface area (Å²) in [7, 11) is -2.15. The van der Waals surface area contributed by atoms with Crippen molar-refractivity contribution in [2.24, 2.45) is 5.92 Å². The lowest BCUT2D eigenvalue weighted by Crippen LogP contribution is -2.51. The molecule has 0 bridgehead atoms. The van der Waals surface area contributed by atoms with Gasteiger partial charge in [-0.15, -0.1) is 0 Å². The molecule has 0 radical (unpaired) electrons. The number of anilines is 1. The van der Waals surface area contributed by atoms with Crippen LogP contribution in [0.5, 0.6) is 0 Å². The molecular weight excluding hydrogens is 426 g/mol. The van der Waals surface area contributed by atoms with Crippen LogP contribution in [-0.4, -0.2) is 65.2 Å². The maximum Gasteiger partial charge on any atom is 0.264 e. The summed E-state index contributed by atoms with van der Waals surface area (Å²) in [5.41, 5.74) is 1.99. The van der Waals surface area contributed by atoms with Crippen molar-refractivity contribution >= 4 is 21.6 Å². The van der Waals surface area contributed by atoms with Crippen molar-refractivity contribution in [2.45, 2.75) is 31.7 Å². The number of ether oxygens (including phenoxy) is 1. The highest BCUT2D eigenvalue weighted by molar-refractivity contribution is 7.92. The van der Waals surface area contributed by atoms with Gasteiger partial charge in [-0.25, -0.2) is 8.42 Å². The molecule has 2 aromatic rings. The number of benzene rings is 2. The molecule has 32 heavy (non-hydrogen) atoms. The number of carbonyl (C=O) groups is 1. The number of nitrogens with one attached hydrogen (secondary N) is 1. The number of morpholine rings is 1. The van der Waals surface area contributed by atoms with Crippen LogP contribution in [-0.2, 0) is 14.8 Å². The number of rotatable bonds is 8. The van der Waals surface area contributed by atoms with Crippen molar-refractivity contribution in [3.8, 4) is 0 Å². The van der Waals surface area contributed by atoms with Gasteiger partial charge in [0.25, 0.3) is 15.9 Å². The van der Waals surface area contributed by atoms with Gasteiger partial charge >= 0.3 is 0 Å². The Morgan fingerprint density at radius 1 is 1.06 bits per heavy atom. The van der Waals surface area contributed by atoms with E-state index in [0.29, 0.717) is 23.7 Å². The van der Waals surface area contributed by atoms with Crippen LogP contribution < -0.4 is 9.62 Å². The molecule has 1 fully saturated rings. The van der Waals surface area contributed by atoms with Crippen LogP contribution in [0.3, 0.4) is 0 Å². The fraction of sp³-hybridized carbons (Fsp3) is 0.458. The highest BCUT2D eigenvalue weighted by Crippen LogP contribution is 2.23. The quantitative estimate of drug-likeness (QED) is 0.657. The lowest BCUT2D eigenvalue weighted by atomic mass is 10.0. The Hall–Kier alpha value is -2.42. The molecule has 7 nitrogen and oxygen atoms in total. The van der Waals surface area contributed by atoms with Gasteiger partial charge in [0.15, 0.2) is 0 Å². The second kappa shape index (κ2) is 10.5. The zero-order valence-electron chi connectivity index (χ0n) is 19.2. The SMILES string of the molecule is Cc1ccc(S(=O)(=O)N(C)c2ccc(C(=O)NCC(C(C)C)N3CCOCC3)cc2)cc1. The predicted octanol–water partition coefficient (Wildman–Crippen LogP) is 2.91. The zero-order chi connectivity index (χ0) is 23.3. The first-order chi connectivity index (χ1) is 15.2. The van der Waals surface area contributed by atoms with Crippen LogP contribution in [0.2, 0.25) is 0 Å². The molecule has 0 aromatic heterocycles. The van der Waals surface area contributed by atoms with E-state index in [1.807, 2.05) is 6.92 Å². The summed E-state index contributed by atoms with van der Waals surface area (Å²) in [6, 6.07) is 13.6. The molecule has 0 saturated carbocycles. The van der Waals surface area contributed by atoms with Crippen LogP contribution in [0.4, 0.5) is 5.69 Å². The van der Waals surface area contributed by atoms with Crippen molar-refractivity contribution in [1.29, 1.82) is 0 Å². The van der Waals surface area contributed by atoms with E-state index < -0.39 is 10.0 Å². The Bertz CT molecular complexity index is 999. The number of hydrogen-bond donors (Lipinski definition) is 1. The molecule has 0 spiro atoms. The first-order valence-electron chi connectivity index (χ1n) is 11.0. The Morgan fingerprint density at radius 3 is 2.22 bits per heavy atom. The van der Waals surface area contributed by atoms with Gasteiger partial charge in [-0.3, -0.25) is 14.0 Å². The van der Waals surface area contributed by atoms with Crippen LogP contribution in [0.1, 0.15) is 29.8 Å². The number of carbonyl (C=O) groups excluding carboxylic acids is 1. The third-order valence-electron chi connectivity index (χ3n) is 5.93. The van der Waals surface area contributed by atoms with Gasteiger partial charge in [-0.1, -0.05) is 31.5 Å². The van der Waals surface area contributed by atoms with Gasteiger partial charge in [0.05, 0.1) is 23.8 Å². The van der Waals surface area contributed by atoms with Gasteiger partial charge < -0.3 is 10.1 Å². The molecule has 3 rings (SSSR count). The van der Waals surface area contributed by atoms with Gasteiger partial charge in [0, 0.05) is 38.3 Å². The first kappa shape index (κ1) is 24.2. The predicted molar refractivity (Wildman–Crippen MR) is 127 cm³/mol. The van der Waals surface area contributed by atoms with Crippen LogP contribution in [0, 0.1) is 12.8 Å². The van der Waals surface area contributed by atoms with Crippen LogP contribution in [0.25, 0.3) is 0 Å². The van der Waals surface area contributed by atoms with E-state index in [-0.39, 0.29) is 16.8 Å². The molecule has 1 aliphatic heterocycles. The highest BCUT2D eigenvalue weighted by atomic mass is 32.2. The average molecular weight is 460 g/mol. The van der Waals surface area contributed by atoms with Crippen molar-refractivity contribution in [2.75, 3.05) is 44.2 Å². The number of hydrogen-bond acceptors (Lipinski definition) is 5. The number of sulfonamides is 1. The smallest absolute Gasteiger partial charge is 0.264 e. The monoisotopic (exact) mass is 459 g/mol. The molecule has 1 atom stereocenters. The molecule has 1 saturated heterocycles. The van der Waals surface area contributed by atoms with E-state index in [9.17, 15) is 13.2 Å². The fourth-order valence-corrected chi connectivity index (χ4v) is 5.02. The lowest BCUT2D eigenvalue weighted by Gasteiger charge is -2.36. The topological polar surface area (TPSA) is 79.0 Å². The molecule has 1 N–H and O–H groups in total. The number of aryl methyl sites for hydroxylation is 1. The highest BCUT2D eigenvalue weighted by Gasteiger charge is 2.25. The Kier molecular flexibility index (Phi) is 7.92. The second-order valence-electron chi connectivity index (χ2n) is 8.50. The summed E-state index contributed by atoms with van der Waals surface area (Å²) < 4.78 is 32.4. The summed E-state index contributed by atoms with van der Waals surface area (Å²) >= 11 is 0. The summed E-state index contributed by atoms with van der Waals surface area (Å²) in [4.78, 5) is 15.3. The number of nitrogens with zero attached hydrogens (tertiary/aromatic N) is 2. The minimum atomic E-state index is -3.67.